The fraction of sp³-hybridized carbons (Fsp3) is 0.588. The van der Waals surface area contributed by atoms with Crippen LogP contribution < -0.4 is 4.74 Å². The number of nitrogens with zero attached hydrogens (tertiary/aromatic N) is 1. The number of carboxylic acid groups (broad SMARTS) is 1. The molecule has 0 saturated carbocycles. The highest BCUT2D eigenvalue weighted by molar-refractivity contribution is 5.74. The molecule has 0 aliphatic carbocycles. The molecule has 1 unspecified atom stereocenters. The topological polar surface area (TPSA) is 49.8 Å². The lowest BCUT2D eigenvalue weighted by Gasteiger charge is -2.37. The summed E-state index contributed by atoms with van der Waals surface area (Å²) in [6.45, 7) is 8.24. The quantitative estimate of drug-likeness (QED) is 0.905. The van der Waals surface area contributed by atoms with Crippen molar-refractivity contribution in [2.45, 2.75) is 46.3 Å². The van der Waals surface area contributed by atoms with Crippen LogP contribution in [0.5, 0.6) is 5.75 Å². The highest BCUT2D eigenvalue weighted by atomic mass is 16.5. The van der Waals surface area contributed by atoms with E-state index in [1.54, 1.807) is 0 Å². The summed E-state index contributed by atoms with van der Waals surface area (Å²) in [6.07, 6.45) is 1.88. The molecule has 2 rings (SSSR count). The van der Waals surface area contributed by atoms with Crippen LogP contribution >= 0.6 is 0 Å². The largest absolute Gasteiger partial charge is 0.491 e. The Bertz CT molecular complexity index is 483. The molecule has 0 bridgehead atoms. The third-order valence-corrected chi connectivity index (χ3v) is 3.99. The molecule has 1 heterocycles. The molecule has 4 heteroatoms. The molecule has 116 valence electrons. The van der Waals surface area contributed by atoms with E-state index in [-0.39, 0.29) is 6.10 Å². The van der Waals surface area contributed by atoms with Gasteiger partial charge in [-0.1, -0.05) is 12.1 Å². The average Bonchev–Trinajstić information content (AvgIpc) is 2.40. The molecule has 0 spiro atoms. The van der Waals surface area contributed by atoms with Crippen LogP contribution in [-0.4, -0.2) is 35.2 Å². The Hall–Kier alpha value is -1.55. The lowest BCUT2D eigenvalue weighted by atomic mass is 9.82. The molecule has 1 fully saturated rings. The van der Waals surface area contributed by atoms with Crippen LogP contribution in [0.4, 0.5) is 0 Å². The summed E-state index contributed by atoms with van der Waals surface area (Å²) in [7, 11) is 0. The van der Waals surface area contributed by atoms with Crippen LogP contribution in [-0.2, 0) is 11.3 Å². The minimum Gasteiger partial charge on any atom is -0.491 e. The fourth-order valence-corrected chi connectivity index (χ4v) is 2.86. The molecule has 4 nitrogen and oxygen atoms in total. The molecule has 0 amide bonds. The standard InChI is InChI=1S/C17H25NO3/c1-13(2)21-15-7-5-14(6-8-15)11-18-10-4-9-17(3,12-18)16(19)20/h5-8,13H,4,9-12H2,1-3H3,(H,19,20). The number of benzene rings is 1. The van der Waals surface area contributed by atoms with Crippen molar-refractivity contribution in [3.63, 3.8) is 0 Å². The summed E-state index contributed by atoms with van der Waals surface area (Å²) in [5.74, 6) is 0.190. The monoisotopic (exact) mass is 291 g/mol. The van der Waals surface area contributed by atoms with Crippen molar-refractivity contribution in [1.29, 1.82) is 0 Å². The summed E-state index contributed by atoms with van der Waals surface area (Å²) in [5.41, 5.74) is 0.583. The number of rotatable bonds is 5. The second kappa shape index (κ2) is 6.48. The maximum Gasteiger partial charge on any atom is 0.310 e. The van der Waals surface area contributed by atoms with Crippen molar-refractivity contribution in [2.24, 2.45) is 5.41 Å². The van der Waals surface area contributed by atoms with Crippen molar-refractivity contribution < 1.29 is 14.6 Å². The van der Waals surface area contributed by atoms with Gasteiger partial charge in [-0.25, -0.2) is 0 Å². The smallest absolute Gasteiger partial charge is 0.310 e. The molecular weight excluding hydrogens is 266 g/mol. The van der Waals surface area contributed by atoms with Crippen LogP contribution in [0, 0.1) is 5.41 Å². The predicted octanol–water partition coefficient (Wildman–Crippen LogP) is 3.16. The molecule has 21 heavy (non-hydrogen) atoms. The Morgan fingerprint density at radius 3 is 2.62 bits per heavy atom. The van der Waals surface area contributed by atoms with E-state index in [1.165, 1.54) is 5.56 Å². The van der Waals surface area contributed by atoms with Gasteiger partial charge in [0.2, 0.25) is 0 Å². The first kappa shape index (κ1) is 15.8. The number of aliphatic carboxylic acids is 1. The lowest BCUT2D eigenvalue weighted by molar-refractivity contribution is -0.151. The molecule has 1 aromatic carbocycles. The third-order valence-electron chi connectivity index (χ3n) is 3.99. The van der Waals surface area contributed by atoms with Crippen molar-refractivity contribution in [3.05, 3.63) is 29.8 Å². The van der Waals surface area contributed by atoms with E-state index in [1.807, 2.05) is 32.9 Å². The summed E-state index contributed by atoms with van der Waals surface area (Å²) in [6, 6.07) is 8.08. The molecular formula is C17H25NO3. The van der Waals surface area contributed by atoms with Crippen molar-refractivity contribution >= 4 is 5.97 Å². The molecule has 1 saturated heterocycles. The van der Waals surface area contributed by atoms with E-state index in [9.17, 15) is 9.90 Å². The minimum atomic E-state index is -0.687. The molecule has 1 N–H and O–H groups in total. The predicted molar refractivity (Wildman–Crippen MR) is 82.5 cm³/mol. The van der Waals surface area contributed by atoms with Gasteiger partial charge in [-0.2, -0.15) is 0 Å². The number of likely N-dealkylation sites (tertiary alicyclic amines) is 1. The second-order valence-electron chi connectivity index (χ2n) is 6.49. The molecule has 1 aliphatic rings. The minimum absolute atomic E-state index is 0.175. The highest BCUT2D eigenvalue weighted by Gasteiger charge is 2.37. The van der Waals surface area contributed by atoms with E-state index in [4.69, 9.17) is 4.74 Å². The maximum atomic E-state index is 11.4. The van der Waals surface area contributed by atoms with E-state index in [0.29, 0.717) is 6.54 Å². The molecule has 1 atom stereocenters. The normalized spacial score (nSPS) is 23.2. The van der Waals surface area contributed by atoms with Gasteiger partial charge in [0, 0.05) is 13.1 Å². The van der Waals surface area contributed by atoms with Gasteiger partial charge in [0.1, 0.15) is 5.75 Å². The van der Waals surface area contributed by atoms with E-state index < -0.39 is 11.4 Å². The number of hydrogen-bond acceptors (Lipinski definition) is 3. The van der Waals surface area contributed by atoms with Gasteiger partial charge >= 0.3 is 5.97 Å². The van der Waals surface area contributed by atoms with Crippen LogP contribution in [0.1, 0.15) is 39.2 Å². The second-order valence-corrected chi connectivity index (χ2v) is 6.49. The SMILES string of the molecule is CC(C)Oc1ccc(CN2CCCC(C)(C(=O)O)C2)cc1. The van der Waals surface area contributed by atoms with Crippen molar-refractivity contribution in [3.8, 4) is 5.75 Å². The molecule has 1 aliphatic heterocycles. The van der Waals surface area contributed by atoms with Gasteiger partial charge in [0.15, 0.2) is 0 Å². The van der Waals surface area contributed by atoms with Crippen LogP contribution in [0.3, 0.4) is 0 Å². The molecule has 0 aromatic heterocycles. The number of carbonyl (C=O) groups is 1. The first-order chi connectivity index (χ1) is 9.89. The Balaban J connectivity index is 1.96. The Labute approximate surface area is 126 Å². The number of ether oxygens (including phenoxy) is 1. The van der Waals surface area contributed by atoms with E-state index in [0.717, 1.165) is 31.7 Å². The van der Waals surface area contributed by atoms with Crippen molar-refractivity contribution in [2.75, 3.05) is 13.1 Å². The van der Waals surface area contributed by atoms with Crippen LogP contribution in [0.25, 0.3) is 0 Å². The summed E-state index contributed by atoms with van der Waals surface area (Å²) < 4.78 is 5.63. The number of hydrogen-bond donors (Lipinski definition) is 1. The van der Waals surface area contributed by atoms with Gasteiger partial charge in [-0.3, -0.25) is 9.69 Å². The zero-order valence-corrected chi connectivity index (χ0v) is 13.1. The van der Waals surface area contributed by atoms with Gasteiger partial charge in [-0.15, -0.1) is 0 Å². The van der Waals surface area contributed by atoms with Crippen LogP contribution in [0.15, 0.2) is 24.3 Å². The number of carboxylic acids is 1. The highest BCUT2D eigenvalue weighted by Crippen LogP contribution is 2.30. The van der Waals surface area contributed by atoms with Crippen molar-refractivity contribution in [1.82, 2.24) is 4.90 Å². The fourth-order valence-electron chi connectivity index (χ4n) is 2.86. The summed E-state index contributed by atoms with van der Waals surface area (Å²) >= 11 is 0. The van der Waals surface area contributed by atoms with Gasteiger partial charge in [-0.05, 0) is 57.9 Å². The lowest BCUT2D eigenvalue weighted by Crippen LogP contribution is -2.45. The maximum absolute atomic E-state index is 11.4. The summed E-state index contributed by atoms with van der Waals surface area (Å²) in [5, 5.41) is 9.36. The van der Waals surface area contributed by atoms with E-state index in [2.05, 4.69) is 17.0 Å². The average molecular weight is 291 g/mol. The van der Waals surface area contributed by atoms with Gasteiger partial charge in [0.25, 0.3) is 0 Å². The van der Waals surface area contributed by atoms with E-state index >= 15 is 0 Å². The first-order valence-electron chi connectivity index (χ1n) is 7.60. The third kappa shape index (κ3) is 4.21. The Morgan fingerprint density at radius 1 is 1.38 bits per heavy atom. The molecule has 0 radical (unpaired) electrons. The van der Waals surface area contributed by atoms with Crippen LogP contribution in [0.2, 0.25) is 0 Å². The van der Waals surface area contributed by atoms with Gasteiger partial charge < -0.3 is 9.84 Å². The first-order valence-corrected chi connectivity index (χ1v) is 7.60. The zero-order valence-electron chi connectivity index (χ0n) is 13.1. The Morgan fingerprint density at radius 2 is 2.05 bits per heavy atom. The van der Waals surface area contributed by atoms with Gasteiger partial charge in [0.05, 0.1) is 11.5 Å². The zero-order chi connectivity index (χ0) is 15.5. The number of piperidine rings is 1. The summed E-state index contributed by atoms with van der Waals surface area (Å²) in [4.78, 5) is 13.6. The Kier molecular flexibility index (Phi) is 4.88. The molecule has 1 aromatic rings.